The monoisotopic (exact) mass is 274 g/mol. The summed E-state index contributed by atoms with van der Waals surface area (Å²) in [5.41, 5.74) is 0.913. The lowest BCUT2D eigenvalue weighted by atomic mass is 10.1. The normalized spacial score (nSPS) is 12.9. The first-order chi connectivity index (χ1) is 9.83. The summed E-state index contributed by atoms with van der Waals surface area (Å²) in [6.07, 6.45) is 10.0. The molecule has 2 rings (SSSR count). The Bertz CT molecular complexity index is 506. The molecule has 110 valence electrons. The zero-order chi connectivity index (χ0) is 14.2. The third-order valence-corrected chi connectivity index (χ3v) is 3.71. The highest BCUT2D eigenvalue weighted by atomic mass is 15.3. The first kappa shape index (κ1) is 15.0. The Morgan fingerprint density at radius 3 is 2.75 bits per heavy atom. The molecule has 2 aromatic heterocycles. The maximum absolute atomic E-state index is 4.29. The van der Waals surface area contributed by atoms with Crippen molar-refractivity contribution in [3.8, 4) is 0 Å². The van der Waals surface area contributed by atoms with Crippen LogP contribution in [0, 0.1) is 0 Å². The van der Waals surface area contributed by atoms with Crippen LogP contribution in [0.25, 0.3) is 5.65 Å². The first-order valence-electron chi connectivity index (χ1n) is 7.86. The van der Waals surface area contributed by atoms with Crippen LogP contribution >= 0.6 is 0 Å². The van der Waals surface area contributed by atoms with E-state index < -0.39 is 0 Å². The highest BCUT2D eigenvalue weighted by Gasteiger charge is 2.11. The molecular weight excluding hydrogens is 248 g/mol. The summed E-state index contributed by atoms with van der Waals surface area (Å²) in [6, 6.07) is 6.22. The number of hydrogen-bond acceptors (Lipinski definition) is 3. The lowest BCUT2D eigenvalue weighted by Crippen LogP contribution is -2.21. The molecule has 2 heterocycles. The van der Waals surface area contributed by atoms with Gasteiger partial charge < -0.3 is 5.32 Å². The van der Waals surface area contributed by atoms with Gasteiger partial charge in [-0.25, -0.2) is 0 Å². The van der Waals surface area contributed by atoms with E-state index in [1.165, 1.54) is 38.5 Å². The fourth-order valence-corrected chi connectivity index (χ4v) is 2.47. The van der Waals surface area contributed by atoms with E-state index in [1.54, 1.807) is 0 Å². The quantitative estimate of drug-likeness (QED) is 0.708. The summed E-state index contributed by atoms with van der Waals surface area (Å²) < 4.78 is 2.05. The van der Waals surface area contributed by atoms with Crippen LogP contribution in [0.5, 0.6) is 0 Å². The molecule has 20 heavy (non-hydrogen) atoms. The van der Waals surface area contributed by atoms with Gasteiger partial charge in [-0.2, -0.15) is 0 Å². The van der Waals surface area contributed by atoms with Crippen LogP contribution < -0.4 is 5.32 Å². The van der Waals surface area contributed by atoms with Crippen molar-refractivity contribution in [2.45, 2.75) is 58.4 Å². The fraction of sp³-hybridized carbons (Fsp3) is 0.625. The Morgan fingerprint density at radius 1 is 1.10 bits per heavy atom. The molecule has 4 heteroatoms. The van der Waals surface area contributed by atoms with Crippen molar-refractivity contribution >= 4 is 5.65 Å². The van der Waals surface area contributed by atoms with E-state index in [4.69, 9.17) is 0 Å². The SMILES string of the molecule is CCCCCCCCNC(C)c1nnc2ccccn12. The van der Waals surface area contributed by atoms with Crippen LogP contribution in [0.4, 0.5) is 0 Å². The minimum Gasteiger partial charge on any atom is -0.308 e. The van der Waals surface area contributed by atoms with Gasteiger partial charge in [0.1, 0.15) is 0 Å². The number of unbranched alkanes of at least 4 members (excludes halogenated alkanes) is 5. The van der Waals surface area contributed by atoms with E-state index in [0.717, 1.165) is 18.0 Å². The largest absolute Gasteiger partial charge is 0.308 e. The second kappa shape index (κ2) is 8.00. The van der Waals surface area contributed by atoms with Gasteiger partial charge in [0.2, 0.25) is 0 Å². The highest BCUT2D eigenvalue weighted by Crippen LogP contribution is 2.12. The standard InChI is InChI=1S/C16H26N4/c1-3-4-5-6-7-9-12-17-14(2)16-19-18-15-11-8-10-13-20(15)16/h8,10-11,13-14,17H,3-7,9,12H2,1-2H3. The molecule has 1 atom stereocenters. The van der Waals surface area contributed by atoms with Gasteiger partial charge in [-0.1, -0.05) is 45.1 Å². The van der Waals surface area contributed by atoms with Crippen LogP contribution in [0.1, 0.15) is 64.2 Å². The predicted octanol–water partition coefficient (Wildman–Crippen LogP) is 3.74. The van der Waals surface area contributed by atoms with Crippen LogP contribution in [0.2, 0.25) is 0 Å². The molecule has 0 amide bonds. The second-order valence-electron chi connectivity index (χ2n) is 5.43. The summed E-state index contributed by atoms with van der Waals surface area (Å²) in [6.45, 7) is 5.46. The Hall–Kier alpha value is -1.42. The lowest BCUT2D eigenvalue weighted by molar-refractivity contribution is 0.509. The van der Waals surface area contributed by atoms with Gasteiger partial charge in [0, 0.05) is 6.20 Å². The Kier molecular flexibility index (Phi) is 5.99. The van der Waals surface area contributed by atoms with Gasteiger partial charge in [0.05, 0.1) is 6.04 Å². The molecule has 1 unspecified atom stereocenters. The number of fused-ring (bicyclic) bond motifs is 1. The third-order valence-electron chi connectivity index (χ3n) is 3.71. The highest BCUT2D eigenvalue weighted by molar-refractivity contribution is 5.37. The van der Waals surface area contributed by atoms with E-state index in [2.05, 4.69) is 33.8 Å². The minimum atomic E-state index is 0.239. The number of nitrogens with one attached hydrogen (secondary N) is 1. The Balaban J connectivity index is 1.73. The lowest BCUT2D eigenvalue weighted by Gasteiger charge is -2.12. The van der Waals surface area contributed by atoms with Gasteiger partial charge in [-0.05, 0) is 32.0 Å². The van der Waals surface area contributed by atoms with E-state index >= 15 is 0 Å². The molecule has 0 radical (unpaired) electrons. The van der Waals surface area contributed by atoms with E-state index in [0.29, 0.717) is 0 Å². The average molecular weight is 274 g/mol. The maximum Gasteiger partial charge on any atom is 0.160 e. The molecule has 0 aliphatic rings. The predicted molar refractivity (Wildman–Crippen MR) is 82.8 cm³/mol. The van der Waals surface area contributed by atoms with Crippen molar-refractivity contribution in [3.63, 3.8) is 0 Å². The van der Waals surface area contributed by atoms with Gasteiger partial charge in [0.15, 0.2) is 11.5 Å². The van der Waals surface area contributed by atoms with Gasteiger partial charge in [0.25, 0.3) is 0 Å². The molecule has 0 spiro atoms. The van der Waals surface area contributed by atoms with Gasteiger partial charge in [-0.3, -0.25) is 4.40 Å². The molecule has 0 aromatic carbocycles. The van der Waals surface area contributed by atoms with E-state index in [-0.39, 0.29) is 6.04 Å². The fourth-order valence-electron chi connectivity index (χ4n) is 2.47. The summed E-state index contributed by atoms with van der Waals surface area (Å²) in [7, 11) is 0. The topological polar surface area (TPSA) is 42.2 Å². The van der Waals surface area contributed by atoms with Crippen LogP contribution in [0.15, 0.2) is 24.4 Å². The Morgan fingerprint density at radius 2 is 1.90 bits per heavy atom. The summed E-state index contributed by atoms with van der Waals surface area (Å²) in [4.78, 5) is 0. The van der Waals surface area contributed by atoms with E-state index in [1.807, 2.05) is 24.4 Å². The van der Waals surface area contributed by atoms with Crippen molar-refractivity contribution in [2.24, 2.45) is 0 Å². The molecule has 0 aliphatic heterocycles. The Labute approximate surface area is 121 Å². The molecule has 2 aromatic rings. The molecular formula is C16H26N4. The van der Waals surface area contributed by atoms with Crippen molar-refractivity contribution in [1.82, 2.24) is 19.9 Å². The molecule has 1 N–H and O–H groups in total. The maximum atomic E-state index is 4.29. The zero-order valence-corrected chi connectivity index (χ0v) is 12.7. The van der Waals surface area contributed by atoms with Crippen LogP contribution in [-0.4, -0.2) is 21.1 Å². The van der Waals surface area contributed by atoms with Crippen molar-refractivity contribution < 1.29 is 0 Å². The number of aromatic nitrogens is 3. The number of rotatable bonds is 9. The minimum absolute atomic E-state index is 0.239. The number of hydrogen-bond donors (Lipinski definition) is 1. The molecule has 0 saturated heterocycles. The van der Waals surface area contributed by atoms with Gasteiger partial charge in [-0.15, -0.1) is 10.2 Å². The van der Waals surface area contributed by atoms with Crippen molar-refractivity contribution in [3.05, 3.63) is 30.2 Å². The zero-order valence-electron chi connectivity index (χ0n) is 12.7. The van der Waals surface area contributed by atoms with Crippen molar-refractivity contribution in [2.75, 3.05) is 6.54 Å². The average Bonchev–Trinajstić information content (AvgIpc) is 2.90. The van der Waals surface area contributed by atoms with Crippen LogP contribution in [0.3, 0.4) is 0 Å². The summed E-state index contributed by atoms with van der Waals surface area (Å²) >= 11 is 0. The molecule has 0 bridgehead atoms. The number of nitrogens with zero attached hydrogens (tertiary/aromatic N) is 3. The van der Waals surface area contributed by atoms with E-state index in [9.17, 15) is 0 Å². The van der Waals surface area contributed by atoms with Crippen molar-refractivity contribution in [1.29, 1.82) is 0 Å². The molecule has 0 fully saturated rings. The van der Waals surface area contributed by atoms with Gasteiger partial charge >= 0.3 is 0 Å². The summed E-state index contributed by atoms with van der Waals surface area (Å²) in [5.74, 6) is 0.992. The molecule has 0 aliphatic carbocycles. The van der Waals surface area contributed by atoms with Crippen LogP contribution in [-0.2, 0) is 0 Å². The summed E-state index contributed by atoms with van der Waals surface area (Å²) in [5, 5.41) is 12.0. The molecule has 4 nitrogen and oxygen atoms in total. The molecule has 0 saturated carbocycles. The third kappa shape index (κ3) is 4.04. The second-order valence-corrected chi connectivity index (χ2v) is 5.43. The first-order valence-corrected chi connectivity index (χ1v) is 7.86. The number of pyridine rings is 1. The smallest absolute Gasteiger partial charge is 0.160 e.